The van der Waals surface area contributed by atoms with Crippen LogP contribution in [0.25, 0.3) is 0 Å². The summed E-state index contributed by atoms with van der Waals surface area (Å²) in [5.41, 5.74) is 0.457. The minimum atomic E-state index is -1.85. The first-order valence-corrected chi connectivity index (χ1v) is 13.6. The number of hydrogen-bond acceptors (Lipinski definition) is 7. The van der Waals surface area contributed by atoms with E-state index in [2.05, 4.69) is 6.07 Å². The molecule has 1 aliphatic rings. The van der Waals surface area contributed by atoms with Crippen LogP contribution in [0, 0.1) is 18.8 Å². The number of benzene rings is 1. The van der Waals surface area contributed by atoms with Gasteiger partial charge in [-0.1, -0.05) is 17.7 Å². The van der Waals surface area contributed by atoms with E-state index >= 15 is 0 Å². The highest BCUT2D eigenvalue weighted by molar-refractivity contribution is 7.13. The Labute approximate surface area is 220 Å². The Hall–Kier alpha value is -1.19. The summed E-state index contributed by atoms with van der Waals surface area (Å²) in [7, 11) is 0. The molecule has 4 unspecified atom stereocenters. The number of ether oxygens (including phenoxy) is 1. The quantitative estimate of drug-likeness (QED) is 0.236. The lowest BCUT2D eigenvalue weighted by molar-refractivity contribution is -0.0916. The molecule has 0 amide bonds. The largest absolute Gasteiger partial charge is 0.458 e. The van der Waals surface area contributed by atoms with Crippen LogP contribution in [0.5, 0.6) is 0 Å². The van der Waals surface area contributed by atoms with Crippen LogP contribution in [0.15, 0.2) is 30.3 Å². The van der Waals surface area contributed by atoms with Gasteiger partial charge in [-0.25, -0.2) is 4.79 Å². The van der Waals surface area contributed by atoms with Crippen LogP contribution in [0.4, 0.5) is 0 Å². The molecule has 0 aliphatic heterocycles. The van der Waals surface area contributed by atoms with Crippen LogP contribution in [-0.2, 0) is 17.6 Å². The fraction of sp³-hybridized carbons (Fsp3) is 0.577. The van der Waals surface area contributed by atoms with Crippen LogP contribution in [0.1, 0.15) is 51.4 Å². The number of aliphatic hydroxyl groups excluding tert-OH is 3. The molecule has 0 spiro atoms. The number of halogens is 2. The lowest BCUT2D eigenvalue weighted by atomic mass is 9.85. The number of esters is 1. The molecular formula is C26H34Cl2O6S. The molecule has 1 aliphatic carbocycles. The third kappa shape index (κ3) is 7.89. The van der Waals surface area contributed by atoms with Gasteiger partial charge in [0, 0.05) is 15.3 Å². The fourth-order valence-corrected chi connectivity index (χ4v) is 6.52. The van der Waals surface area contributed by atoms with Crippen LogP contribution in [-0.4, -0.2) is 63.3 Å². The Morgan fingerprint density at radius 1 is 1.14 bits per heavy atom. The van der Waals surface area contributed by atoms with Gasteiger partial charge in [0.2, 0.25) is 0 Å². The van der Waals surface area contributed by atoms with Crippen LogP contribution in [0.2, 0.25) is 5.02 Å². The van der Waals surface area contributed by atoms with Gasteiger partial charge in [-0.15, -0.1) is 22.9 Å². The maximum absolute atomic E-state index is 12.2. The average molecular weight is 546 g/mol. The van der Waals surface area contributed by atoms with E-state index in [0.29, 0.717) is 11.3 Å². The molecule has 0 bridgehead atoms. The molecule has 1 heterocycles. The zero-order valence-corrected chi connectivity index (χ0v) is 22.2. The van der Waals surface area contributed by atoms with Gasteiger partial charge in [-0.3, -0.25) is 0 Å². The van der Waals surface area contributed by atoms with Gasteiger partial charge in [0.1, 0.15) is 17.1 Å². The van der Waals surface area contributed by atoms with E-state index in [0.717, 1.165) is 47.6 Å². The maximum Gasteiger partial charge on any atom is 0.348 e. The van der Waals surface area contributed by atoms with E-state index in [9.17, 15) is 15.0 Å². The molecule has 6 nitrogen and oxygen atoms in total. The maximum atomic E-state index is 12.2. The van der Waals surface area contributed by atoms with E-state index < -0.39 is 37.5 Å². The molecule has 35 heavy (non-hydrogen) atoms. The highest BCUT2D eigenvalue weighted by atomic mass is 35.5. The van der Waals surface area contributed by atoms with E-state index in [-0.39, 0.29) is 17.2 Å². The van der Waals surface area contributed by atoms with Crippen molar-refractivity contribution in [1.82, 2.24) is 0 Å². The van der Waals surface area contributed by atoms with Gasteiger partial charge in [0.05, 0.1) is 19.3 Å². The number of alkyl halides is 1. The highest BCUT2D eigenvalue weighted by Gasteiger charge is 2.40. The summed E-state index contributed by atoms with van der Waals surface area (Å²) in [6.07, 6.45) is 4.47. The Morgan fingerprint density at radius 3 is 2.57 bits per heavy atom. The van der Waals surface area contributed by atoms with Gasteiger partial charge in [-0.05, 0) is 92.7 Å². The molecule has 0 saturated heterocycles. The Kier molecular flexibility index (Phi) is 10.4. The third-order valence-electron chi connectivity index (χ3n) is 6.73. The number of rotatable bonds is 12. The molecule has 9 heteroatoms. The summed E-state index contributed by atoms with van der Waals surface area (Å²) in [5.74, 6) is -0.230. The van der Waals surface area contributed by atoms with E-state index in [1.165, 1.54) is 16.9 Å². The summed E-state index contributed by atoms with van der Waals surface area (Å²) in [6.45, 7) is 0.133. The zero-order chi connectivity index (χ0) is 25.6. The number of hydrogen-bond donors (Lipinski definition) is 4. The molecule has 2 aromatic rings. The van der Waals surface area contributed by atoms with Crippen LogP contribution >= 0.6 is 34.5 Å². The summed E-state index contributed by atoms with van der Waals surface area (Å²) >= 11 is 14.1. The number of thiophene rings is 1. The first-order chi connectivity index (χ1) is 16.6. The molecule has 1 fully saturated rings. The molecule has 0 radical (unpaired) electrons. The van der Waals surface area contributed by atoms with Crippen molar-refractivity contribution < 1.29 is 30.0 Å². The lowest BCUT2D eigenvalue weighted by Crippen LogP contribution is -2.43. The van der Waals surface area contributed by atoms with Gasteiger partial charge in [0.25, 0.3) is 0 Å². The lowest BCUT2D eigenvalue weighted by Gasteiger charge is -2.23. The van der Waals surface area contributed by atoms with Crippen molar-refractivity contribution in [2.45, 2.75) is 62.5 Å². The van der Waals surface area contributed by atoms with Crippen LogP contribution < -0.4 is 0 Å². The second kappa shape index (κ2) is 12.9. The van der Waals surface area contributed by atoms with E-state index in [4.69, 9.17) is 38.2 Å². The summed E-state index contributed by atoms with van der Waals surface area (Å²) in [4.78, 5) is 13.7. The molecule has 194 valence electrons. The van der Waals surface area contributed by atoms with Gasteiger partial charge in [-0.2, -0.15) is 0 Å². The standard InChI is InChI=1S/C26H34Cl2O6S/c1-16-9-17(11-18(27)10-16)5-7-21-20(22(28)12-23(21)31)4-2-3-19-6-8-24(35-19)25(32)34-15-26(33,13-29)14-30/h6,8-11,20-23,29-31,33H,2-5,7,12-15H2,1H3. The fourth-order valence-electron chi connectivity index (χ4n) is 4.77. The Morgan fingerprint density at radius 2 is 1.89 bits per heavy atom. The predicted molar refractivity (Wildman–Crippen MR) is 138 cm³/mol. The molecule has 1 aromatic carbocycles. The second-order valence-electron chi connectivity index (χ2n) is 9.60. The van der Waals surface area contributed by atoms with Crippen molar-refractivity contribution >= 4 is 40.5 Å². The molecule has 3 rings (SSSR count). The molecule has 4 atom stereocenters. The smallest absolute Gasteiger partial charge is 0.348 e. The van der Waals surface area contributed by atoms with Crippen molar-refractivity contribution in [3.8, 4) is 0 Å². The zero-order valence-electron chi connectivity index (χ0n) is 19.8. The molecular weight excluding hydrogens is 511 g/mol. The van der Waals surface area contributed by atoms with Crippen molar-refractivity contribution in [2.24, 2.45) is 11.8 Å². The summed E-state index contributed by atoms with van der Waals surface area (Å²) in [5, 5.41) is 39.3. The number of carbonyl (C=O) groups excluding carboxylic acids is 1. The normalized spacial score (nSPS) is 22.5. The number of aryl methyl sites for hydroxylation is 3. The van der Waals surface area contributed by atoms with Gasteiger partial charge < -0.3 is 25.2 Å². The third-order valence-corrected chi connectivity index (χ3v) is 8.57. The monoisotopic (exact) mass is 544 g/mol. The van der Waals surface area contributed by atoms with Crippen molar-refractivity contribution in [3.05, 3.63) is 56.2 Å². The SMILES string of the molecule is Cc1cc(Cl)cc(CCC2C(O)CC(Cl)C2CCCc2ccc(C(=O)OCC(O)(CO)CO)s2)c1. The highest BCUT2D eigenvalue weighted by Crippen LogP contribution is 2.41. The Bertz CT molecular complexity index is 956. The van der Waals surface area contributed by atoms with Gasteiger partial charge >= 0.3 is 5.97 Å². The number of aliphatic hydroxyl groups is 4. The first kappa shape index (κ1) is 28.4. The van der Waals surface area contributed by atoms with E-state index in [1.807, 2.05) is 25.1 Å². The van der Waals surface area contributed by atoms with E-state index in [1.54, 1.807) is 6.07 Å². The van der Waals surface area contributed by atoms with Crippen molar-refractivity contribution in [2.75, 3.05) is 19.8 Å². The van der Waals surface area contributed by atoms with Crippen molar-refractivity contribution in [3.63, 3.8) is 0 Å². The molecule has 1 saturated carbocycles. The number of carbonyl (C=O) groups is 1. The summed E-state index contributed by atoms with van der Waals surface area (Å²) < 4.78 is 5.04. The minimum Gasteiger partial charge on any atom is -0.458 e. The average Bonchev–Trinajstić information content (AvgIpc) is 3.39. The van der Waals surface area contributed by atoms with Crippen molar-refractivity contribution in [1.29, 1.82) is 0 Å². The predicted octanol–water partition coefficient (Wildman–Crippen LogP) is 4.14. The minimum absolute atomic E-state index is 0.0539. The van der Waals surface area contributed by atoms with Crippen LogP contribution in [0.3, 0.4) is 0 Å². The van der Waals surface area contributed by atoms with Gasteiger partial charge in [0.15, 0.2) is 0 Å². The summed E-state index contributed by atoms with van der Waals surface area (Å²) in [6, 6.07) is 9.61. The molecule has 1 aromatic heterocycles. The molecule has 4 N–H and O–H groups in total. The second-order valence-corrected chi connectivity index (χ2v) is 11.8. The topological polar surface area (TPSA) is 107 Å². The Balaban J connectivity index is 1.50. The first-order valence-electron chi connectivity index (χ1n) is 11.9.